The molecule has 2 rings (SSSR count). The Labute approximate surface area is 131 Å². The Morgan fingerprint density at radius 1 is 1.18 bits per heavy atom. The van der Waals surface area contributed by atoms with Crippen LogP contribution in [0.5, 0.6) is 0 Å². The van der Waals surface area contributed by atoms with E-state index in [0.29, 0.717) is 5.69 Å². The van der Waals surface area contributed by atoms with Crippen molar-refractivity contribution in [2.45, 2.75) is 31.2 Å². The molecule has 1 heterocycles. The van der Waals surface area contributed by atoms with Gasteiger partial charge in [-0.15, -0.1) is 0 Å². The standard InChI is InChI=1S/C14H22N4O3S/c1-10-14(11(2)17-16-10)22(20,21)18(3)9-13(19)15-12-7-5-4-6-8-12/h4-8,10-11,14,16-17H,9H2,1-3H3,(H,15,19). The Morgan fingerprint density at radius 2 is 1.73 bits per heavy atom. The highest BCUT2D eigenvalue weighted by molar-refractivity contribution is 7.89. The van der Waals surface area contributed by atoms with Gasteiger partial charge >= 0.3 is 0 Å². The van der Waals surface area contributed by atoms with Gasteiger partial charge in [0.2, 0.25) is 15.9 Å². The van der Waals surface area contributed by atoms with Gasteiger partial charge in [0.1, 0.15) is 5.25 Å². The van der Waals surface area contributed by atoms with E-state index >= 15 is 0 Å². The predicted molar refractivity (Wildman–Crippen MR) is 85.6 cm³/mol. The average molecular weight is 326 g/mol. The number of carbonyl (C=O) groups is 1. The molecule has 0 bridgehead atoms. The minimum absolute atomic E-state index is 0.215. The Hall–Kier alpha value is -1.48. The zero-order valence-corrected chi connectivity index (χ0v) is 13.7. The Bertz CT molecular complexity index is 610. The minimum Gasteiger partial charge on any atom is -0.325 e. The van der Waals surface area contributed by atoms with Crippen molar-refractivity contribution in [3.05, 3.63) is 30.3 Å². The summed E-state index contributed by atoms with van der Waals surface area (Å²) < 4.78 is 26.3. The molecule has 0 radical (unpaired) electrons. The van der Waals surface area contributed by atoms with Crippen LogP contribution >= 0.6 is 0 Å². The number of likely N-dealkylation sites (N-methyl/N-ethyl adjacent to an activating group) is 1. The van der Waals surface area contributed by atoms with Crippen LogP contribution in [0.3, 0.4) is 0 Å². The smallest absolute Gasteiger partial charge is 0.239 e. The number of para-hydroxylation sites is 1. The molecule has 1 fully saturated rings. The minimum atomic E-state index is -3.58. The fourth-order valence-electron chi connectivity index (χ4n) is 2.60. The van der Waals surface area contributed by atoms with Crippen LogP contribution in [0.2, 0.25) is 0 Å². The van der Waals surface area contributed by atoms with Gasteiger partial charge in [0.05, 0.1) is 6.54 Å². The van der Waals surface area contributed by atoms with Gasteiger partial charge in [-0.3, -0.25) is 15.6 Å². The highest BCUT2D eigenvalue weighted by atomic mass is 32.2. The first-order valence-corrected chi connectivity index (χ1v) is 8.64. The number of sulfonamides is 1. The molecule has 1 saturated heterocycles. The van der Waals surface area contributed by atoms with Crippen LogP contribution in [0.1, 0.15) is 13.8 Å². The molecule has 8 heteroatoms. The normalized spacial score (nSPS) is 25.4. The SMILES string of the molecule is CC1NNC(C)C1S(=O)(=O)N(C)CC(=O)Nc1ccccc1. The van der Waals surface area contributed by atoms with Gasteiger partial charge in [-0.1, -0.05) is 18.2 Å². The summed E-state index contributed by atoms with van der Waals surface area (Å²) in [4.78, 5) is 12.0. The van der Waals surface area contributed by atoms with Crippen LogP contribution in [-0.2, 0) is 14.8 Å². The number of amides is 1. The number of hydrogen-bond acceptors (Lipinski definition) is 5. The van der Waals surface area contributed by atoms with Gasteiger partial charge in [0.25, 0.3) is 0 Å². The van der Waals surface area contributed by atoms with Crippen LogP contribution in [0.25, 0.3) is 0 Å². The highest BCUT2D eigenvalue weighted by Gasteiger charge is 2.42. The maximum Gasteiger partial charge on any atom is 0.239 e. The maximum absolute atomic E-state index is 12.6. The molecule has 7 nitrogen and oxygen atoms in total. The van der Waals surface area contributed by atoms with E-state index in [-0.39, 0.29) is 24.5 Å². The number of hydrogen-bond donors (Lipinski definition) is 3. The number of hydrazine groups is 1. The molecule has 2 atom stereocenters. The Balaban J connectivity index is 2.01. The van der Waals surface area contributed by atoms with Crippen molar-refractivity contribution in [1.29, 1.82) is 0 Å². The van der Waals surface area contributed by atoms with Crippen molar-refractivity contribution in [3.8, 4) is 0 Å². The van der Waals surface area contributed by atoms with Crippen molar-refractivity contribution >= 4 is 21.6 Å². The summed E-state index contributed by atoms with van der Waals surface area (Å²) in [6.07, 6.45) is 0. The zero-order valence-electron chi connectivity index (χ0n) is 12.9. The van der Waals surface area contributed by atoms with E-state index in [2.05, 4.69) is 16.2 Å². The van der Waals surface area contributed by atoms with Crippen molar-refractivity contribution < 1.29 is 13.2 Å². The van der Waals surface area contributed by atoms with Crippen LogP contribution < -0.4 is 16.2 Å². The lowest BCUT2D eigenvalue weighted by Gasteiger charge is -2.25. The molecule has 0 spiro atoms. The van der Waals surface area contributed by atoms with Gasteiger partial charge in [0.15, 0.2) is 0 Å². The number of rotatable bonds is 5. The molecule has 0 aliphatic carbocycles. The van der Waals surface area contributed by atoms with E-state index < -0.39 is 15.3 Å². The molecule has 122 valence electrons. The van der Waals surface area contributed by atoms with E-state index in [1.165, 1.54) is 7.05 Å². The third-order valence-electron chi connectivity index (χ3n) is 3.73. The van der Waals surface area contributed by atoms with E-state index in [1.54, 1.807) is 38.1 Å². The fraction of sp³-hybridized carbons (Fsp3) is 0.500. The van der Waals surface area contributed by atoms with Crippen molar-refractivity contribution in [2.75, 3.05) is 18.9 Å². The Morgan fingerprint density at radius 3 is 2.27 bits per heavy atom. The lowest BCUT2D eigenvalue weighted by molar-refractivity contribution is -0.116. The third kappa shape index (κ3) is 3.64. The summed E-state index contributed by atoms with van der Waals surface area (Å²) >= 11 is 0. The van der Waals surface area contributed by atoms with Gasteiger partial charge in [-0.05, 0) is 26.0 Å². The number of benzene rings is 1. The molecular weight excluding hydrogens is 304 g/mol. The summed E-state index contributed by atoms with van der Waals surface area (Å²) in [5.74, 6) is -0.364. The lowest BCUT2D eigenvalue weighted by atomic mass is 10.2. The van der Waals surface area contributed by atoms with E-state index in [1.807, 2.05) is 6.07 Å². The molecule has 22 heavy (non-hydrogen) atoms. The lowest BCUT2D eigenvalue weighted by Crippen LogP contribution is -2.47. The molecule has 1 aromatic rings. The molecule has 3 N–H and O–H groups in total. The second kappa shape index (κ2) is 6.74. The van der Waals surface area contributed by atoms with E-state index in [4.69, 9.17) is 0 Å². The highest BCUT2D eigenvalue weighted by Crippen LogP contribution is 2.18. The van der Waals surface area contributed by atoms with E-state index in [9.17, 15) is 13.2 Å². The number of nitrogens with zero attached hydrogens (tertiary/aromatic N) is 1. The monoisotopic (exact) mass is 326 g/mol. The maximum atomic E-state index is 12.6. The van der Waals surface area contributed by atoms with Crippen LogP contribution in [0.15, 0.2) is 30.3 Å². The largest absolute Gasteiger partial charge is 0.325 e. The first-order chi connectivity index (χ1) is 10.3. The third-order valence-corrected chi connectivity index (χ3v) is 6.23. The second-order valence-corrected chi connectivity index (χ2v) is 7.74. The second-order valence-electron chi connectivity index (χ2n) is 5.55. The summed E-state index contributed by atoms with van der Waals surface area (Å²) in [5.41, 5.74) is 6.48. The van der Waals surface area contributed by atoms with Crippen molar-refractivity contribution in [3.63, 3.8) is 0 Å². The average Bonchev–Trinajstić information content (AvgIpc) is 2.79. The molecule has 0 aromatic heterocycles. The predicted octanol–water partition coefficient (Wildman–Crippen LogP) is 0.140. The molecule has 1 aromatic carbocycles. The van der Waals surface area contributed by atoms with Gasteiger partial charge in [-0.2, -0.15) is 4.31 Å². The van der Waals surface area contributed by atoms with E-state index in [0.717, 1.165) is 4.31 Å². The fourth-order valence-corrected chi connectivity index (χ4v) is 4.48. The van der Waals surface area contributed by atoms with Gasteiger partial charge in [0, 0.05) is 24.8 Å². The molecule has 2 unspecified atom stereocenters. The molecular formula is C14H22N4O3S. The quantitative estimate of drug-likeness (QED) is 0.716. The summed E-state index contributed by atoms with van der Waals surface area (Å²) in [5, 5.41) is 2.07. The van der Waals surface area contributed by atoms with Crippen LogP contribution in [0.4, 0.5) is 5.69 Å². The Kier molecular flexibility index (Phi) is 5.17. The van der Waals surface area contributed by atoms with Crippen LogP contribution in [0, 0.1) is 0 Å². The van der Waals surface area contributed by atoms with Crippen molar-refractivity contribution in [1.82, 2.24) is 15.2 Å². The molecule has 1 aliphatic rings. The first kappa shape index (κ1) is 16.9. The number of nitrogens with one attached hydrogen (secondary N) is 3. The van der Waals surface area contributed by atoms with Crippen LogP contribution in [-0.4, -0.2) is 49.6 Å². The summed E-state index contributed by atoms with van der Waals surface area (Å²) in [6.45, 7) is 3.39. The summed E-state index contributed by atoms with van der Waals surface area (Å²) in [7, 11) is -2.15. The first-order valence-electron chi connectivity index (χ1n) is 7.13. The molecule has 0 saturated carbocycles. The van der Waals surface area contributed by atoms with Crippen molar-refractivity contribution in [2.24, 2.45) is 0 Å². The van der Waals surface area contributed by atoms with Gasteiger partial charge in [-0.25, -0.2) is 8.42 Å². The number of anilines is 1. The number of carbonyl (C=O) groups excluding carboxylic acids is 1. The topological polar surface area (TPSA) is 90.5 Å². The molecule has 1 aliphatic heterocycles. The zero-order chi connectivity index (χ0) is 16.3. The van der Waals surface area contributed by atoms with Gasteiger partial charge < -0.3 is 5.32 Å². The summed E-state index contributed by atoms with van der Waals surface area (Å²) in [6, 6.07) is 8.50. The molecule has 1 amide bonds.